The highest BCUT2D eigenvalue weighted by Gasteiger charge is 2.37. The Bertz CT molecular complexity index is 797. The van der Waals surface area contributed by atoms with E-state index in [4.69, 9.17) is 4.84 Å². The largest absolute Gasteiger partial charge is 0.386 e. The molecule has 0 saturated carbocycles. The summed E-state index contributed by atoms with van der Waals surface area (Å²) in [4.78, 5) is 5.86. The zero-order chi connectivity index (χ0) is 15.5. The molecule has 2 nitrogen and oxygen atoms in total. The van der Waals surface area contributed by atoms with E-state index in [1.54, 1.807) is 0 Å². The van der Waals surface area contributed by atoms with Crippen LogP contribution in [-0.2, 0) is 4.84 Å². The second kappa shape index (κ2) is 6.09. The van der Waals surface area contributed by atoms with Crippen molar-refractivity contribution in [3.8, 4) is 0 Å². The summed E-state index contributed by atoms with van der Waals surface area (Å²) in [5.41, 5.74) is 4.47. The van der Waals surface area contributed by atoms with Crippen molar-refractivity contribution in [3.05, 3.63) is 108 Å². The lowest BCUT2D eigenvalue weighted by Crippen LogP contribution is -2.16. The molecule has 0 radical (unpaired) electrons. The van der Waals surface area contributed by atoms with E-state index in [1.807, 2.05) is 42.5 Å². The zero-order valence-electron chi connectivity index (χ0n) is 12.7. The molecule has 112 valence electrons. The van der Waals surface area contributed by atoms with E-state index < -0.39 is 0 Å². The molecule has 4 rings (SSSR count). The van der Waals surface area contributed by atoms with Crippen molar-refractivity contribution in [3.63, 3.8) is 0 Å². The third kappa shape index (κ3) is 2.64. The van der Waals surface area contributed by atoms with Crippen molar-refractivity contribution in [1.29, 1.82) is 0 Å². The molecule has 23 heavy (non-hydrogen) atoms. The highest BCUT2D eigenvalue weighted by Crippen LogP contribution is 2.41. The molecule has 2 heteroatoms. The van der Waals surface area contributed by atoms with Crippen LogP contribution in [-0.4, -0.2) is 5.71 Å². The van der Waals surface area contributed by atoms with E-state index in [0.717, 1.165) is 16.8 Å². The summed E-state index contributed by atoms with van der Waals surface area (Å²) in [5.74, 6) is 0.0981. The molecule has 1 aliphatic heterocycles. The molecule has 2 atom stereocenters. The van der Waals surface area contributed by atoms with Crippen LogP contribution in [0.2, 0.25) is 0 Å². The van der Waals surface area contributed by atoms with Crippen LogP contribution in [0.1, 0.15) is 28.7 Å². The van der Waals surface area contributed by atoms with Gasteiger partial charge in [0.1, 0.15) is 0 Å². The number of rotatable bonds is 3. The smallest absolute Gasteiger partial charge is 0.165 e. The van der Waals surface area contributed by atoms with E-state index in [1.165, 1.54) is 5.56 Å². The number of nitrogens with zero attached hydrogens (tertiary/aromatic N) is 1. The standard InChI is InChI=1S/C21H17NO/c1-4-10-16(11-5-1)19-20(17-12-6-2-7-13-17)22-23-21(19)18-14-8-3-9-15-18/h1-15,19,21H. The molecule has 1 heterocycles. The van der Waals surface area contributed by atoms with Gasteiger partial charge in [-0.2, -0.15) is 0 Å². The normalized spacial score (nSPS) is 19.9. The molecule has 0 aliphatic carbocycles. The molecule has 3 aromatic rings. The first-order valence-electron chi connectivity index (χ1n) is 7.82. The topological polar surface area (TPSA) is 21.6 Å². The van der Waals surface area contributed by atoms with Gasteiger partial charge in [-0.15, -0.1) is 0 Å². The van der Waals surface area contributed by atoms with Gasteiger partial charge in [-0.25, -0.2) is 0 Å². The molecule has 0 bridgehead atoms. The van der Waals surface area contributed by atoms with Gasteiger partial charge in [0, 0.05) is 5.56 Å². The molecule has 0 fully saturated rings. The molecular weight excluding hydrogens is 282 g/mol. The van der Waals surface area contributed by atoms with Gasteiger partial charge in [-0.05, 0) is 11.1 Å². The summed E-state index contributed by atoms with van der Waals surface area (Å²) in [7, 11) is 0. The van der Waals surface area contributed by atoms with Crippen molar-refractivity contribution < 1.29 is 4.84 Å². The quantitative estimate of drug-likeness (QED) is 0.671. The summed E-state index contributed by atoms with van der Waals surface area (Å²) in [6, 6.07) is 31.1. The van der Waals surface area contributed by atoms with E-state index in [-0.39, 0.29) is 12.0 Å². The first-order valence-corrected chi connectivity index (χ1v) is 7.82. The summed E-state index contributed by atoms with van der Waals surface area (Å²) in [6.45, 7) is 0. The second-order valence-corrected chi connectivity index (χ2v) is 5.67. The fourth-order valence-electron chi connectivity index (χ4n) is 3.10. The first kappa shape index (κ1) is 13.8. The monoisotopic (exact) mass is 299 g/mol. The van der Waals surface area contributed by atoms with Crippen molar-refractivity contribution >= 4 is 5.71 Å². The Morgan fingerprint density at radius 1 is 0.609 bits per heavy atom. The van der Waals surface area contributed by atoms with Crippen molar-refractivity contribution in [2.75, 3.05) is 0 Å². The van der Waals surface area contributed by atoms with Gasteiger partial charge in [-0.3, -0.25) is 0 Å². The SMILES string of the molecule is c1ccc(C2=NOC(c3ccccc3)C2c2ccccc2)cc1. The van der Waals surface area contributed by atoms with Crippen LogP contribution in [0, 0.1) is 0 Å². The Kier molecular flexibility index (Phi) is 3.65. The molecule has 0 amide bonds. The molecule has 0 N–H and O–H groups in total. The minimum absolute atomic E-state index is 0.0891. The van der Waals surface area contributed by atoms with E-state index in [9.17, 15) is 0 Å². The number of benzene rings is 3. The van der Waals surface area contributed by atoms with Crippen molar-refractivity contribution in [2.45, 2.75) is 12.0 Å². The van der Waals surface area contributed by atoms with Crippen molar-refractivity contribution in [2.24, 2.45) is 5.16 Å². The predicted molar refractivity (Wildman–Crippen MR) is 92.4 cm³/mol. The highest BCUT2D eigenvalue weighted by atomic mass is 16.6. The van der Waals surface area contributed by atoms with Crippen LogP contribution in [0.15, 0.2) is 96.2 Å². The summed E-state index contributed by atoms with van der Waals surface area (Å²) < 4.78 is 0. The van der Waals surface area contributed by atoms with Crippen LogP contribution < -0.4 is 0 Å². The molecule has 0 saturated heterocycles. The first-order chi connectivity index (χ1) is 11.4. The van der Waals surface area contributed by atoms with Crippen LogP contribution in [0.4, 0.5) is 0 Å². The fourth-order valence-corrected chi connectivity index (χ4v) is 3.10. The van der Waals surface area contributed by atoms with Gasteiger partial charge < -0.3 is 4.84 Å². The minimum Gasteiger partial charge on any atom is -0.386 e. The molecule has 0 aromatic heterocycles. The lowest BCUT2D eigenvalue weighted by Gasteiger charge is -2.20. The number of hydrogen-bond donors (Lipinski definition) is 0. The van der Waals surface area contributed by atoms with Crippen LogP contribution in [0.3, 0.4) is 0 Å². The Hall–Kier alpha value is -2.87. The number of hydrogen-bond acceptors (Lipinski definition) is 2. The Morgan fingerprint density at radius 3 is 1.74 bits per heavy atom. The molecule has 2 unspecified atom stereocenters. The number of oxime groups is 1. The van der Waals surface area contributed by atoms with E-state index in [0.29, 0.717) is 0 Å². The van der Waals surface area contributed by atoms with E-state index in [2.05, 4.69) is 53.7 Å². The lowest BCUT2D eigenvalue weighted by atomic mass is 9.83. The summed E-state index contributed by atoms with van der Waals surface area (Å²) in [6.07, 6.45) is -0.0891. The summed E-state index contributed by atoms with van der Waals surface area (Å²) >= 11 is 0. The molecule has 0 spiro atoms. The van der Waals surface area contributed by atoms with Gasteiger partial charge in [-0.1, -0.05) is 96.2 Å². The van der Waals surface area contributed by atoms with Gasteiger partial charge in [0.05, 0.1) is 11.6 Å². The minimum atomic E-state index is -0.0891. The predicted octanol–water partition coefficient (Wildman–Crippen LogP) is 4.95. The maximum absolute atomic E-state index is 5.86. The Balaban J connectivity index is 1.79. The third-order valence-electron chi connectivity index (χ3n) is 4.22. The highest BCUT2D eigenvalue weighted by molar-refractivity contribution is 6.06. The molecular formula is C21H17NO. The third-order valence-corrected chi connectivity index (χ3v) is 4.22. The van der Waals surface area contributed by atoms with Gasteiger partial charge in [0.25, 0.3) is 0 Å². The zero-order valence-corrected chi connectivity index (χ0v) is 12.7. The average molecular weight is 299 g/mol. The van der Waals surface area contributed by atoms with E-state index >= 15 is 0 Å². The van der Waals surface area contributed by atoms with Gasteiger partial charge in [0.15, 0.2) is 6.10 Å². The Labute approximate surface area is 136 Å². The van der Waals surface area contributed by atoms with Crippen LogP contribution in [0.5, 0.6) is 0 Å². The van der Waals surface area contributed by atoms with Gasteiger partial charge >= 0.3 is 0 Å². The lowest BCUT2D eigenvalue weighted by molar-refractivity contribution is 0.0763. The van der Waals surface area contributed by atoms with Crippen LogP contribution >= 0.6 is 0 Å². The molecule has 3 aromatic carbocycles. The van der Waals surface area contributed by atoms with Crippen LogP contribution in [0.25, 0.3) is 0 Å². The molecule has 1 aliphatic rings. The summed E-state index contributed by atoms with van der Waals surface area (Å²) in [5, 5.41) is 4.44. The van der Waals surface area contributed by atoms with Gasteiger partial charge in [0.2, 0.25) is 0 Å². The van der Waals surface area contributed by atoms with Crippen molar-refractivity contribution in [1.82, 2.24) is 0 Å². The average Bonchev–Trinajstić information content (AvgIpc) is 3.09. The maximum Gasteiger partial charge on any atom is 0.165 e. The fraction of sp³-hybridized carbons (Fsp3) is 0.0952. The maximum atomic E-state index is 5.86. The second-order valence-electron chi connectivity index (χ2n) is 5.67. The Morgan fingerprint density at radius 2 is 1.13 bits per heavy atom.